The summed E-state index contributed by atoms with van der Waals surface area (Å²) in [6, 6.07) is 14.5. The maximum atomic E-state index is 12.8. The Labute approximate surface area is 184 Å². The van der Waals surface area contributed by atoms with Gasteiger partial charge in [-0.3, -0.25) is 9.69 Å². The highest BCUT2D eigenvalue weighted by Gasteiger charge is 2.21. The summed E-state index contributed by atoms with van der Waals surface area (Å²) < 4.78 is 10.8. The van der Waals surface area contributed by atoms with E-state index in [4.69, 9.17) is 9.47 Å². The van der Waals surface area contributed by atoms with Gasteiger partial charge in [0, 0.05) is 44.6 Å². The molecule has 0 bridgehead atoms. The Kier molecular flexibility index (Phi) is 6.77. The topological polar surface area (TPSA) is 45.3 Å². The van der Waals surface area contributed by atoms with Gasteiger partial charge >= 0.3 is 0 Å². The van der Waals surface area contributed by atoms with Gasteiger partial charge < -0.3 is 19.3 Å². The number of amides is 1. The Hall–Kier alpha value is -2.99. The number of methoxy groups -OCH3 is 2. The second-order valence-corrected chi connectivity index (χ2v) is 8.00. The largest absolute Gasteiger partial charge is 0.493 e. The monoisotopic (exact) mass is 421 g/mol. The van der Waals surface area contributed by atoms with Crippen molar-refractivity contribution in [2.75, 3.05) is 58.4 Å². The molecule has 2 heterocycles. The Bertz CT molecular complexity index is 921. The van der Waals surface area contributed by atoms with Gasteiger partial charge in [0.1, 0.15) is 0 Å². The van der Waals surface area contributed by atoms with Crippen molar-refractivity contribution in [2.24, 2.45) is 0 Å². The fourth-order valence-corrected chi connectivity index (χ4v) is 4.30. The molecule has 4 rings (SSSR count). The Morgan fingerprint density at radius 2 is 1.61 bits per heavy atom. The molecule has 0 atom stereocenters. The van der Waals surface area contributed by atoms with Gasteiger partial charge in [0.05, 0.1) is 20.6 Å². The first-order chi connectivity index (χ1) is 15.2. The number of hydrogen-bond acceptors (Lipinski definition) is 5. The summed E-state index contributed by atoms with van der Waals surface area (Å²) in [6.45, 7) is 5.95. The van der Waals surface area contributed by atoms with Crippen molar-refractivity contribution in [3.8, 4) is 11.5 Å². The molecule has 6 heteroatoms. The number of carbonyl (C=O) groups excluding carboxylic acids is 1. The molecule has 0 N–H and O–H groups in total. The Morgan fingerprint density at radius 3 is 2.32 bits per heavy atom. The molecule has 1 amide bonds. The smallest absolute Gasteiger partial charge is 0.230 e. The van der Waals surface area contributed by atoms with Crippen LogP contribution in [0.25, 0.3) is 6.08 Å². The molecule has 1 saturated heterocycles. The summed E-state index contributed by atoms with van der Waals surface area (Å²) in [5.74, 6) is 1.46. The van der Waals surface area contributed by atoms with Gasteiger partial charge in [-0.2, -0.15) is 0 Å². The van der Waals surface area contributed by atoms with E-state index in [1.807, 2.05) is 29.3 Å². The van der Waals surface area contributed by atoms with Crippen molar-refractivity contribution in [3.63, 3.8) is 0 Å². The minimum Gasteiger partial charge on any atom is -0.493 e. The molecule has 1 fully saturated rings. The van der Waals surface area contributed by atoms with Crippen molar-refractivity contribution in [1.82, 2.24) is 9.80 Å². The van der Waals surface area contributed by atoms with Gasteiger partial charge in [0.25, 0.3) is 0 Å². The second kappa shape index (κ2) is 9.88. The molecule has 0 radical (unpaired) electrons. The Balaban J connectivity index is 1.28. The predicted octanol–water partition coefficient (Wildman–Crippen LogP) is 3.27. The van der Waals surface area contributed by atoms with Crippen molar-refractivity contribution < 1.29 is 14.3 Å². The second-order valence-electron chi connectivity index (χ2n) is 8.00. The number of fused-ring (bicyclic) bond motifs is 1. The van der Waals surface area contributed by atoms with Gasteiger partial charge in [0.15, 0.2) is 11.5 Å². The van der Waals surface area contributed by atoms with Crippen LogP contribution in [0, 0.1) is 0 Å². The summed E-state index contributed by atoms with van der Waals surface area (Å²) in [7, 11) is 3.24. The number of ether oxygens (including phenoxy) is 2. The van der Waals surface area contributed by atoms with E-state index >= 15 is 0 Å². The van der Waals surface area contributed by atoms with Crippen LogP contribution in [-0.2, 0) is 11.2 Å². The lowest BCUT2D eigenvalue weighted by atomic mass is 10.0. The minimum atomic E-state index is 0.121. The molecule has 0 unspecified atom stereocenters. The molecule has 6 nitrogen and oxygen atoms in total. The number of piperazine rings is 1. The first-order valence-electron chi connectivity index (χ1n) is 10.9. The zero-order valence-electron chi connectivity index (χ0n) is 18.4. The molecule has 31 heavy (non-hydrogen) atoms. The van der Waals surface area contributed by atoms with Gasteiger partial charge in [-0.15, -0.1) is 0 Å². The average Bonchev–Trinajstić information content (AvgIpc) is 2.97. The SMILES string of the molecule is COc1cc2c(cc1OC)CC(=O)N(CCCN1CCN(c3ccccc3)CC1)C=C2. The number of anilines is 1. The summed E-state index contributed by atoms with van der Waals surface area (Å²) in [5, 5.41) is 0. The number of benzene rings is 2. The lowest BCUT2D eigenvalue weighted by Gasteiger charge is -2.36. The van der Waals surface area contributed by atoms with E-state index in [0.717, 1.165) is 56.8 Å². The summed E-state index contributed by atoms with van der Waals surface area (Å²) in [4.78, 5) is 19.6. The number of nitrogens with zero attached hydrogens (tertiary/aromatic N) is 3. The molecule has 0 spiro atoms. The van der Waals surface area contributed by atoms with Crippen molar-refractivity contribution in [1.29, 1.82) is 0 Å². The molecule has 0 saturated carbocycles. The third-order valence-electron chi connectivity index (χ3n) is 6.11. The van der Waals surface area contributed by atoms with Crippen LogP contribution < -0.4 is 14.4 Å². The highest BCUT2D eigenvalue weighted by molar-refractivity contribution is 5.84. The third kappa shape index (κ3) is 5.02. The molecule has 164 valence electrons. The number of hydrogen-bond donors (Lipinski definition) is 0. The van der Waals surface area contributed by atoms with Crippen LogP contribution in [0.5, 0.6) is 11.5 Å². The number of para-hydroxylation sites is 1. The third-order valence-corrected chi connectivity index (χ3v) is 6.11. The quantitative estimate of drug-likeness (QED) is 0.687. The highest BCUT2D eigenvalue weighted by Crippen LogP contribution is 2.32. The van der Waals surface area contributed by atoms with E-state index in [1.54, 1.807) is 14.2 Å². The van der Waals surface area contributed by atoms with Gasteiger partial charge in [-0.05, 0) is 54.4 Å². The van der Waals surface area contributed by atoms with Crippen LogP contribution in [0.2, 0.25) is 0 Å². The fourth-order valence-electron chi connectivity index (χ4n) is 4.30. The van der Waals surface area contributed by atoms with Crippen LogP contribution in [0.3, 0.4) is 0 Å². The first-order valence-corrected chi connectivity index (χ1v) is 10.9. The zero-order valence-corrected chi connectivity index (χ0v) is 18.4. The molecule has 2 aromatic rings. The van der Waals surface area contributed by atoms with Crippen LogP contribution in [0.1, 0.15) is 17.5 Å². The molecular formula is C25H31N3O3. The lowest BCUT2D eigenvalue weighted by molar-refractivity contribution is -0.127. The molecule has 0 aromatic heterocycles. The summed E-state index contributed by atoms with van der Waals surface area (Å²) in [6.07, 6.45) is 5.25. The van der Waals surface area contributed by atoms with Crippen LogP contribution in [0.15, 0.2) is 48.7 Å². The van der Waals surface area contributed by atoms with Crippen LogP contribution in [0.4, 0.5) is 5.69 Å². The van der Waals surface area contributed by atoms with E-state index in [0.29, 0.717) is 17.9 Å². The fraction of sp³-hybridized carbons (Fsp3) is 0.400. The van der Waals surface area contributed by atoms with Crippen LogP contribution >= 0.6 is 0 Å². The van der Waals surface area contributed by atoms with E-state index < -0.39 is 0 Å². The summed E-state index contributed by atoms with van der Waals surface area (Å²) >= 11 is 0. The first kappa shape index (κ1) is 21.2. The van der Waals surface area contributed by atoms with Gasteiger partial charge in [-0.1, -0.05) is 18.2 Å². The number of rotatable bonds is 7. The predicted molar refractivity (Wildman–Crippen MR) is 124 cm³/mol. The number of carbonyl (C=O) groups is 1. The van der Waals surface area contributed by atoms with E-state index in [9.17, 15) is 4.79 Å². The van der Waals surface area contributed by atoms with Crippen LogP contribution in [-0.4, -0.2) is 69.2 Å². The molecule has 2 aliphatic rings. The Morgan fingerprint density at radius 1 is 0.903 bits per heavy atom. The maximum Gasteiger partial charge on any atom is 0.230 e. The standard InChI is InChI=1S/C25H31N3O3/c1-30-23-17-20-9-12-28(25(29)19-21(20)18-24(23)31-2)11-6-10-26-13-15-27(16-14-26)22-7-4-3-5-8-22/h3-5,7-9,12,17-18H,6,10-11,13-16,19H2,1-2H3. The molecule has 0 aliphatic carbocycles. The van der Waals surface area contributed by atoms with Gasteiger partial charge in [0.2, 0.25) is 5.91 Å². The zero-order chi connectivity index (χ0) is 21.6. The maximum absolute atomic E-state index is 12.8. The lowest BCUT2D eigenvalue weighted by Crippen LogP contribution is -2.47. The molecule has 2 aromatic carbocycles. The van der Waals surface area contributed by atoms with E-state index in [-0.39, 0.29) is 5.91 Å². The molecule has 2 aliphatic heterocycles. The van der Waals surface area contributed by atoms with Crippen molar-refractivity contribution in [2.45, 2.75) is 12.8 Å². The van der Waals surface area contributed by atoms with E-state index in [2.05, 4.69) is 40.1 Å². The van der Waals surface area contributed by atoms with Crippen molar-refractivity contribution >= 4 is 17.7 Å². The molecular weight excluding hydrogens is 390 g/mol. The summed E-state index contributed by atoms with van der Waals surface area (Å²) in [5.41, 5.74) is 3.28. The van der Waals surface area contributed by atoms with Crippen molar-refractivity contribution in [3.05, 3.63) is 59.8 Å². The highest BCUT2D eigenvalue weighted by atomic mass is 16.5. The minimum absolute atomic E-state index is 0.121. The average molecular weight is 422 g/mol. The van der Waals surface area contributed by atoms with Gasteiger partial charge in [-0.25, -0.2) is 0 Å². The van der Waals surface area contributed by atoms with E-state index in [1.165, 1.54) is 5.69 Å². The normalized spacial score (nSPS) is 16.8.